The summed E-state index contributed by atoms with van der Waals surface area (Å²) in [7, 11) is 0. The molecule has 0 spiro atoms. The van der Waals surface area contributed by atoms with E-state index >= 15 is 0 Å². The quantitative estimate of drug-likeness (QED) is 0.205. The van der Waals surface area contributed by atoms with Gasteiger partial charge in [0, 0.05) is 0 Å². The number of carbonyl (C=O) groups excluding carboxylic acids is 3. The van der Waals surface area contributed by atoms with Crippen LogP contribution in [0.2, 0.25) is 0 Å². The molecule has 3 N–H and O–H groups in total. The lowest BCUT2D eigenvalue weighted by molar-refractivity contribution is -0.124. The van der Waals surface area contributed by atoms with Gasteiger partial charge in [0.1, 0.15) is 5.57 Å². The fraction of sp³-hybridized carbons (Fsp3) is 0.364. The summed E-state index contributed by atoms with van der Waals surface area (Å²) in [6.45, 7) is 5.58. The summed E-state index contributed by atoms with van der Waals surface area (Å²) in [6.07, 6.45) is 2.67. The van der Waals surface area contributed by atoms with Gasteiger partial charge in [0.15, 0.2) is 0 Å². The molecule has 7 heteroatoms. The summed E-state index contributed by atoms with van der Waals surface area (Å²) in [5.74, 6) is -1.47. The van der Waals surface area contributed by atoms with Crippen LogP contribution in [-0.4, -0.2) is 24.5 Å². The van der Waals surface area contributed by atoms with Crippen LogP contribution in [0.25, 0.3) is 0 Å². The molecule has 18 heavy (non-hydrogen) atoms. The third-order valence-electron chi connectivity index (χ3n) is 2.11. The Morgan fingerprint density at radius 2 is 1.94 bits per heavy atom. The van der Waals surface area contributed by atoms with Crippen molar-refractivity contribution in [3.05, 3.63) is 23.9 Å². The zero-order valence-electron chi connectivity index (χ0n) is 10.0. The summed E-state index contributed by atoms with van der Waals surface area (Å²) in [5, 5.41) is 4.01. The average Bonchev–Trinajstić information content (AvgIpc) is 2.28. The highest BCUT2D eigenvalue weighted by molar-refractivity contribution is 6.29. The van der Waals surface area contributed by atoms with Gasteiger partial charge >= 0.3 is 6.03 Å². The Kier molecular flexibility index (Phi) is 5.06. The highest BCUT2D eigenvalue weighted by Crippen LogP contribution is 2.11. The minimum absolute atomic E-state index is 0.138. The van der Waals surface area contributed by atoms with Gasteiger partial charge in [-0.05, 0) is 6.42 Å². The van der Waals surface area contributed by atoms with Crippen molar-refractivity contribution in [2.24, 2.45) is 0 Å². The number of rotatable bonds is 6. The summed E-state index contributed by atoms with van der Waals surface area (Å²) < 4.78 is 0. The van der Waals surface area contributed by atoms with Gasteiger partial charge < -0.3 is 0 Å². The van der Waals surface area contributed by atoms with E-state index < -0.39 is 17.8 Å². The minimum atomic E-state index is -0.823. The number of urea groups is 1. The van der Waals surface area contributed by atoms with E-state index in [-0.39, 0.29) is 12.2 Å². The summed E-state index contributed by atoms with van der Waals surface area (Å²) in [5.41, 5.74) is 2.74. The average molecular weight is 253 g/mol. The first kappa shape index (κ1) is 13.9. The van der Waals surface area contributed by atoms with Gasteiger partial charge in [-0.1, -0.05) is 19.4 Å². The molecule has 0 unspecified atom stereocenters. The third-order valence-corrected chi connectivity index (χ3v) is 2.11. The van der Waals surface area contributed by atoms with E-state index in [1.165, 1.54) is 6.08 Å². The maximum Gasteiger partial charge on any atom is 0.328 e. The zero-order valence-corrected chi connectivity index (χ0v) is 10.0. The molecule has 1 saturated heterocycles. The number of amides is 4. The molecular weight excluding hydrogens is 238 g/mol. The SMILES string of the molecule is C=CCONC(CCC)=C1C(=O)NC(=O)NC1=O. The largest absolute Gasteiger partial charge is 0.328 e. The van der Waals surface area contributed by atoms with E-state index in [0.29, 0.717) is 18.5 Å². The zero-order chi connectivity index (χ0) is 13.5. The Balaban J connectivity index is 2.93. The van der Waals surface area contributed by atoms with Gasteiger partial charge in [0.25, 0.3) is 11.8 Å². The molecule has 1 fully saturated rings. The van der Waals surface area contributed by atoms with Crippen LogP contribution in [-0.2, 0) is 14.4 Å². The Morgan fingerprint density at radius 3 is 2.44 bits per heavy atom. The van der Waals surface area contributed by atoms with Crippen molar-refractivity contribution in [3.63, 3.8) is 0 Å². The molecule has 0 aromatic carbocycles. The van der Waals surface area contributed by atoms with Gasteiger partial charge in [-0.15, -0.1) is 6.58 Å². The summed E-state index contributed by atoms with van der Waals surface area (Å²) in [4.78, 5) is 39.1. The van der Waals surface area contributed by atoms with Gasteiger partial charge in [-0.25, -0.2) is 4.79 Å². The number of nitrogens with one attached hydrogen (secondary N) is 3. The van der Waals surface area contributed by atoms with Gasteiger partial charge in [-0.3, -0.25) is 30.5 Å². The molecule has 0 saturated carbocycles. The van der Waals surface area contributed by atoms with E-state index in [2.05, 4.69) is 12.1 Å². The van der Waals surface area contributed by atoms with E-state index in [1.54, 1.807) is 0 Å². The predicted octanol–water partition coefficient (Wildman–Crippen LogP) is 0.114. The van der Waals surface area contributed by atoms with Gasteiger partial charge in [0.2, 0.25) is 0 Å². The number of hydroxylamine groups is 1. The minimum Gasteiger partial charge on any atom is -0.273 e. The fourth-order valence-electron chi connectivity index (χ4n) is 1.40. The highest BCUT2D eigenvalue weighted by Gasteiger charge is 2.30. The van der Waals surface area contributed by atoms with Crippen LogP contribution in [0.15, 0.2) is 23.9 Å². The molecule has 4 amide bonds. The lowest BCUT2D eigenvalue weighted by atomic mass is 10.1. The topological polar surface area (TPSA) is 96.5 Å². The number of allylic oxidation sites excluding steroid dienone is 1. The normalized spacial score (nSPS) is 14.9. The van der Waals surface area contributed by atoms with Crippen LogP contribution in [0.1, 0.15) is 19.8 Å². The number of hydrogen-bond donors (Lipinski definition) is 3. The first-order valence-corrected chi connectivity index (χ1v) is 5.48. The van der Waals surface area contributed by atoms with Crippen molar-refractivity contribution in [1.82, 2.24) is 16.1 Å². The molecule has 1 rings (SSSR count). The number of barbiturate groups is 1. The van der Waals surface area contributed by atoms with Gasteiger partial charge in [0.05, 0.1) is 12.3 Å². The fourth-order valence-corrected chi connectivity index (χ4v) is 1.40. The van der Waals surface area contributed by atoms with Crippen LogP contribution < -0.4 is 16.1 Å². The Labute approximate surface area is 104 Å². The van der Waals surface area contributed by atoms with Crippen LogP contribution in [0.5, 0.6) is 0 Å². The molecule has 0 radical (unpaired) electrons. The number of hydrogen-bond acceptors (Lipinski definition) is 5. The first-order chi connectivity index (χ1) is 8.60. The monoisotopic (exact) mass is 253 g/mol. The Hall–Kier alpha value is -2.15. The lowest BCUT2D eigenvalue weighted by Crippen LogP contribution is -2.52. The number of imide groups is 2. The lowest BCUT2D eigenvalue weighted by Gasteiger charge is -2.18. The van der Waals surface area contributed by atoms with E-state index in [4.69, 9.17) is 4.84 Å². The highest BCUT2D eigenvalue weighted by atomic mass is 16.6. The maximum atomic E-state index is 11.6. The smallest absolute Gasteiger partial charge is 0.273 e. The van der Waals surface area contributed by atoms with Crippen LogP contribution in [0, 0.1) is 0 Å². The molecule has 0 atom stereocenters. The van der Waals surface area contributed by atoms with Crippen LogP contribution >= 0.6 is 0 Å². The standard InChI is InChI=1S/C11H15N3O4/c1-3-5-7(14-18-6-4-2)8-9(15)12-11(17)13-10(8)16/h4,14H,2-3,5-6H2,1H3,(H2,12,13,15,16,17). The summed E-state index contributed by atoms with van der Waals surface area (Å²) in [6, 6.07) is -0.823. The Morgan fingerprint density at radius 1 is 1.33 bits per heavy atom. The second kappa shape index (κ2) is 6.55. The van der Waals surface area contributed by atoms with Crippen LogP contribution in [0.3, 0.4) is 0 Å². The van der Waals surface area contributed by atoms with Crippen molar-refractivity contribution in [1.29, 1.82) is 0 Å². The molecular formula is C11H15N3O4. The van der Waals surface area contributed by atoms with Crippen molar-refractivity contribution in [3.8, 4) is 0 Å². The Bertz CT molecular complexity index is 393. The second-order valence-corrected chi connectivity index (χ2v) is 3.54. The van der Waals surface area contributed by atoms with Crippen LogP contribution in [0.4, 0.5) is 4.79 Å². The molecule has 0 aromatic heterocycles. The molecule has 0 bridgehead atoms. The molecule has 7 nitrogen and oxygen atoms in total. The van der Waals surface area contributed by atoms with E-state index in [0.717, 1.165) is 0 Å². The van der Waals surface area contributed by atoms with Gasteiger partial charge in [-0.2, -0.15) is 0 Å². The van der Waals surface area contributed by atoms with E-state index in [1.807, 2.05) is 17.6 Å². The predicted molar refractivity (Wildman–Crippen MR) is 62.9 cm³/mol. The maximum absolute atomic E-state index is 11.6. The first-order valence-electron chi connectivity index (χ1n) is 5.48. The second-order valence-electron chi connectivity index (χ2n) is 3.54. The van der Waals surface area contributed by atoms with Crippen molar-refractivity contribution in [2.75, 3.05) is 6.61 Å². The number of carbonyl (C=O) groups is 3. The van der Waals surface area contributed by atoms with Crippen molar-refractivity contribution < 1.29 is 19.2 Å². The molecule has 0 aliphatic carbocycles. The van der Waals surface area contributed by atoms with Crippen molar-refractivity contribution in [2.45, 2.75) is 19.8 Å². The molecule has 1 aliphatic heterocycles. The van der Waals surface area contributed by atoms with E-state index in [9.17, 15) is 14.4 Å². The third kappa shape index (κ3) is 3.42. The van der Waals surface area contributed by atoms with Crippen molar-refractivity contribution >= 4 is 17.8 Å². The molecule has 98 valence electrons. The molecule has 0 aromatic rings. The summed E-state index contributed by atoms with van der Waals surface area (Å²) >= 11 is 0. The molecule has 1 heterocycles. The molecule has 1 aliphatic rings.